The van der Waals surface area contributed by atoms with Crippen molar-refractivity contribution in [3.8, 4) is 0 Å². The van der Waals surface area contributed by atoms with Crippen LogP contribution >= 0.6 is 0 Å². The van der Waals surface area contributed by atoms with E-state index in [9.17, 15) is 0 Å². The topological polar surface area (TPSA) is 0 Å². The standard InChI is InChI=1S/C36H74/c1-6-10-13-16-19-22-25-28-31-35(5)34-36(9-4,32-29-26-23-20-17-14-11-7-2)33-30-27-24-21-18-15-12-8-3/h35H,6-34H2,1-5H3. The van der Waals surface area contributed by atoms with Crippen molar-refractivity contribution in [1.29, 1.82) is 0 Å². The van der Waals surface area contributed by atoms with Gasteiger partial charge in [-0.15, -0.1) is 0 Å². The molecule has 0 radical (unpaired) electrons. The second-order valence-corrected chi connectivity index (χ2v) is 12.9. The maximum Gasteiger partial charge on any atom is -0.0298 e. The summed E-state index contributed by atoms with van der Waals surface area (Å²) in [6.07, 6.45) is 42.4. The van der Waals surface area contributed by atoms with Crippen molar-refractivity contribution in [2.45, 2.75) is 221 Å². The summed E-state index contributed by atoms with van der Waals surface area (Å²) in [6.45, 7) is 12.1. The molecule has 0 aliphatic heterocycles. The lowest BCUT2D eigenvalue weighted by atomic mass is 9.69. The Bertz CT molecular complexity index is 377. The normalized spacial score (nSPS) is 12.9. The van der Waals surface area contributed by atoms with Gasteiger partial charge in [0.2, 0.25) is 0 Å². The van der Waals surface area contributed by atoms with Crippen molar-refractivity contribution >= 4 is 0 Å². The highest BCUT2D eigenvalue weighted by Crippen LogP contribution is 2.42. The fraction of sp³-hybridized carbons (Fsp3) is 1.00. The average molecular weight is 507 g/mol. The van der Waals surface area contributed by atoms with Gasteiger partial charge in [-0.3, -0.25) is 0 Å². The van der Waals surface area contributed by atoms with E-state index in [0.717, 1.165) is 5.92 Å². The van der Waals surface area contributed by atoms with Gasteiger partial charge in [0.1, 0.15) is 0 Å². The highest BCUT2D eigenvalue weighted by atomic mass is 14.3. The fourth-order valence-corrected chi connectivity index (χ4v) is 6.56. The zero-order valence-electron chi connectivity index (χ0n) is 26.6. The van der Waals surface area contributed by atoms with Gasteiger partial charge < -0.3 is 0 Å². The van der Waals surface area contributed by atoms with Gasteiger partial charge in [0.15, 0.2) is 0 Å². The smallest absolute Gasteiger partial charge is 0.0298 e. The van der Waals surface area contributed by atoms with E-state index in [-0.39, 0.29) is 0 Å². The van der Waals surface area contributed by atoms with Crippen molar-refractivity contribution in [3.63, 3.8) is 0 Å². The molecule has 0 aromatic rings. The molecule has 0 rings (SSSR count). The molecule has 0 bridgehead atoms. The molecule has 0 nitrogen and oxygen atoms in total. The molecule has 0 heteroatoms. The number of hydrogen-bond acceptors (Lipinski definition) is 0. The second-order valence-electron chi connectivity index (χ2n) is 12.9. The Labute approximate surface area is 232 Å². The van der Waals surface area contributed by atoms with Crippen molar-refractivity contribution in [2.24, 2.45) is 11.3 Å². The Morgan fingerprint density at radius 1 is 0.389 bits per heavy atom. The summed E-state index contributed by atoms with van der Waals surface area (Å²) in [5.41, 5.74) is 0.643. The van der Waals surface area contributed by atoms with Gasteiger partial charge >= 0.3 is 0 Å². The summed E-state index contributed by atoms with van der Waals surface area (Å²) in [4.78, 5) is 0. The predicted molar refractivity (Wildman–Crippen MR) is 168 cm³/mol. The summed E-state index contributed by atoms with van der Waals surface area (Å²) in [7, 11) is 0. The first-order valence-corrected chi connectivity index (χ1v) is 17.6. The lowest BCUT2D eigenvalue weighted by Gasteiger charge is -2.36. The van der Waals surface area contributed by atoms with Crippen LogP contribution in [0.3, 0.4) is 0 Å². The minimum atomic E-state index is 0.643. The first-order valence-electron chi connectivity index (χ1n) is 17.6. The molecule has 0 saturated heterocycles. The summed E-state index contributed by atoms with van der Waals surface area (Å²) >= 11 is 0. The fourth-order valence-electron chi connectivity index (χ4n) is 6.56. The molecule has 0 spiro atoms. The van der Waals surface area contributed by atoms with E-state index in [1.165, 1.54) is 186 Å². The van der Waals surface area contributed by atoms with Crippen LogP contribution in [0.4, 0.5) is 0 Å². The van der Waals surface area contributed by atoms with E-state index in [4.69, 9.17) is 0 Å². The molecule has 0 fully saturated rings. The van der Waals surface area contributed by atoms with Crippen LogP contribution in [-0.4, -0.2) is 0 Å². The van der Waals surface area contributed by atoms with Crippen molar-refractivity contribution in [1.82, 2.24) is 0 Å². The summed E-state index contributed by atoms with van der Waals surface area (Å²) in [6, 6.07) is 0. The van der Waals surface area contributed by atoms with Gasteiger partial charge in [0.25, 0.3) is 0 Å². The van der Waals surface area contributed by atoms with E-state index in [1.807, 2.05) is 0 Å². The molecule has 0 aromatic carbocycles. The van der Waals surface area contributed by atoms with Crippen LogP contribution in [-0.2, 0) is 0 Å². The highest BCUT2D eigenvalue weighted by molar-refractivity contribution is 4.80. The predicted octanol–water partition coefficient (Wildman–Crippen LogP) is 14.0. The molecule has 0 amide bonds. The van der Waals surface area contributed by atoms with Crippen LogP contribution in [0.5, 0.6) is 0 Å². The molecule has 0 heterocycles. The van der Waals surface area contributed by atoms with Crippen LogP contribution in [0.2, 0.25) is 0 Å². The van der Waals surface area contributed by atoms with Gasteiger partial charge in [0.05, 0.1) is 0 Å². The molecule has 0 N–H and O–H groups in total. The monoisotopic (exact) mass is 507 g/mol. The number of unbranched alkanes of at least 4 members (excludes halogenated alkanes) is 21. The molecule has 0 aromatic heterocycles. The summed E-state index contributed by atoms with van der Waals surface area (Å²) < 4.78 is 0. The van der Waals surface area contributed by atoms with E-state index >= 15 is 0 Å². The first-order chi connectivity index (χ1) is 17.6. The Morgan fingerprint density at radius 3 is 1.03 bits per heavy atom. The molecule has 1 unspecified atom stereocenters. The molecule has 0 aliphatic carbocycles. The average Bonchev–Trinajstić information content (AvgIpc) is 2.88. The van der Waals surface area contributed by atoms with Gasteiger partial charge in [-0.05, 0) is 30.6 Å². The van der Waals surface area contributed by atoms with Crippen LogP contribution in [0.25, 0.3) is 0 Å². The SMILES string of the molecule is CCCCCCCCCCC(C)CC(CC)(CCCCCCCCCC)CCCCCCCCCC. The van der Waals surface area contributed by atoms with Gasteiger partial charge in [0, 0.05) is 0 Å². The van der Waals surface area contributed by atoms with Gasteiger partial charge in [-0.1, -0.05) is 202 Å². The molecule has 1 atom stereocenters. The van der Waals surface area contributed by atoms with E-state index in [1.54, 1.807) is 0 Å². The van der Waals surface area contributed by atoms with Crippen LogP contribution in [0.15, 0.2) is 0 Å². The molecule has 0 aliphatic rings. The highest BCUT2D eigenvalue weighted by Gasteiger charge is 2.29. The molecule has 0 saturated carbocycles. The van der Waals surface area contributed by atoms with Gasteiger partial charge in [-0.25, -0.2) is 0 Å². The van der Waals surface area contributed by atoms with Crippen LogP contribution in [0, 0.1) is 11.3 Å². The lowest BCUT2D eigenvalue weighted by molar-refractivity contribution is 0.158. The van der Waals surface area contributed by atoms with E-state index in [0.29, 0.717) is 5.41 Å². The lowest BCUT2D eigenvalue weighted by Crippen LogP contribution is -2.23. The minimum Gasteiger partial charge on any atom is -0.0654 e. The maximum absolute atomic E-state index is 2.59. The Kier molecular flexibility index (Phi) is 28.0. The first kappa shape index (κ1) is 36.0. The Hall–Kier alpha value is 0. The third-order valence-electron chi connectivity index (χ3n) is 9.20. The van der Waals surface area contributed by atoms with Crippen molar-refractivity contribution in [2.75, 3.05) is 0 Å². The molecular weight excluding hydrogens is 432 g/mol. The van der Waals surface area contributed by atoms with Gasteiger partial charge in [-0.2, -0.15) is 0 Å². The zero-order chi connectivity index (χ0) is 26.6. The summed E-state index contributed by atoms with van der Waals surface area (Å²) in [5.74, 6) is 0.924. The maximum atomic E-state index is 2.59. The molecule has 218 valence electrons. The third kappa shape index (κ3) is 23.1. The summed E-state index contributed by atoms with van der Waals surface area (Å²) in [5, 5.41) is 0. The molecule has 36 heavy (non-hydrogen) atoms. The zero-order valence-corrected chi connectivity index (χ0v) is 26.6. The minimum absolute atomic E-state index is 0.643. The Morgan fingerprint density at radius 2 is 0.694 bits per heavy atom. The van der Waals surface area contributed by atoms with E-state index < -0.39 is 0 Å². The van der Waals surface area contributed by atoms with Crippen LogP contribution < -0.4 is 0 Å². The number of hydrogen-bond donors (Lipinski definition) is 0. The van der Waals surface area contributed by atoms with E-state index in [2.05, 4.69) is 34.6 Å². The largest absolute Gasteiger partial charge is 0.0654 e. The Balaban J connectivity index is 4.39. The quantitative estimate of drug-likeness (QED) is 0.0849. The number of rotatable bonds is 30. The molecular formula is C36H74. The van der Waals surface area contributed by atoms with Crippen LogP contribution in [0.1, 0.15) is 221 Å². The second kappa shape index (κ2) is 28.0. The van der Waals surface area contributed by atoms with Crippen molar-refractivity contribution in [3.05, 3.63) is 0 Å². The third-order valence-corrected chi connectivity index (χ3v) is 9.20. The van der Waals surface area contributed by atoms with Crippen molar-refractivity contribution < 1.29 is 0 Å².